The van der Waals surface area contributed by atoms with Crippen LogP contribution in [0.4, 0.5) is 0 Å². The minimum atomic E-state index is 0.225. The summed E-state index contributed by atoms with van der Waals surface area (Å²) in [6.07, 6.45) is 2.02. The predicted molar refractivity (Wildman–Crippen MR) is 61.2 cm³/mol. The molecule has 0 radical (unpaired) electrons. The van der Waals surface area contributed by atoms with Crippen LogP contribution in [0.5, 0.6) is 0 Å². The Morgan fingerprint density at radius 1 is 1.59 bits per heavy atom. The summed E-state index contributed by atoms with van der Waals surface area (Å²) >= 11 is 0. The molecule has 1 unspecified atom stereocenters. The number of carbonyl (C=O) groups is 1. The van der Waals surface area contributed by atoms with E-state index in [9.17, 15) is 4.79 Å². The number of nitrogens with one attached hydrogen (secondary N) is 2. The molecule has 1 fully saturated rings. The van der Waals surface area contributed by atoms with Crippen molar-refractivity contribution in [1.82, 2.24) is 30.8 Å². The topological polar surface area (TPSA) is 86.8 Å². The second kappa shape index (κ2) is 5.72. The highest BCUT2D eigenvalue weighted by molar-refractivity contribution is 5.76. The second-order valence-electron chi connectivity index (χ2n) is 4.32. The van der Waals surface area contributed by atoms with E-state index in [1.165, 1.54) is 0 Å². The number of hydrogen-bond acceptors (Lipinski definition) is 5. The summed E-state index contributed by atoms with van der Waals surface area (Å²) in [7, 11) is 0. The van der Waals surface area contributed by atoms with Crippen LogP contribution in [0, 0.1) is 0 Å². The van der Waals surface area contributed by atoms with Gasteiger partial charge in [-0.3, -0.25) is 4.79 Å². The maximum atomic E-state index is 12.0. The van der Waals surface area contributed by atoms with E-state index >= 15 is 0 Å². The maximum absolute atomic E-state index is 12.0. The number of aryl methyl sites for hydroxylation is 1. The first-order chi connectivity index (χ1) is 8.27. The lowest BCUT2D eigenvalue weighted by Gasteiger charge is -2.34. The van der Waals surface area contributed by atoms with Crippen LogP contribution < -0.4 is 5.32 Å². The third-order valence-corrected chi connectivity index (χ3v) is 3.00. The lowest BCUT2D eigenvalue weighted by Crippen LogP contribution is -2.52. The first kappa shape index (κ1) is 12.0. The van der Waals surface area contributed by atoms with E-state index in [4.69, 9.17) is 0 Å². The van der Waals surface area contributed by atoms with Crippen LogP contribution in [0.25, 0.3) is 0 Å². The third kappa shape index (κ3) is 3.23. The molecule has 1 aliphatic heterocycles. The van der Waals surface area contributed by atoms with Gasteiger partial charge < -0.3 is 10.2 Å². The van der Waals surface area contributed by atoms with Gasteiger partial charge in [0.05, 0.1) is 0 Å². The number of rotatable bonds is 4. The smallest absolute Gasteiger partial charge is 0.222 e. The van der Waals surface area contributed by atoms with E-state index in [0.29, 0.717) is 24.7 Å². The summed E-state index contributed by atoms with van der Waals surface area (Å²) in [5.41, 5.74) is 0. The third-order valence-electron chi connectivity index (χ3n) is 3.00. The summed E-state index contributed by atoms with van der Waals surface area (Å²) in [5, 5.41) is 16.9. The highest BCUT2D eigenvalue weighted by Gasteiger charge is 2.22. The molecule has 0 aromatic carbocycles. The molecule has 1 aromatic heterocycles. The van der Waals surface area contributed by atoms with Gasteiger partial charge in [-0.2, -0.15) is 5.21 Å². The second-order valence-corrected chi connectivity index (χ2v) is 4.32. The molecular weight excluding hydrogens is 220 g/mol. The van der Waals surface area contributed by atoms with Gasteiger partial charge in [0.2, 0.25) is 5.91 Å². The monoisotopic (exact) mass is 238 g/mol. The van der Waals surface area contributed by atoms with Crippen LogP contribution in [0.3, 0.4) is 0 Å². The van der Waals surface area contributed by atoms with Gasteiger partial charge in [-0.05, 0) is 13.3 Å². The number of aromatic nitrogens is 4. The summed E-state index contributed by atoms with van der Waals surface area (Å²) in [6, 6.07) is 0.293. The van der Waals surface area contributed by atoms with Gasteiger partial charge in [0.15, 0.2) is 5.82 Å². The molecule has 7 nitrogen and oxygen atoms in total. The molecule has 2 rings (SSSR count). The fourth-order valence-corrected chi connectivity index (χ4v) is 2.04. The van der Waals surface area contributed by atoms with Crippen molar-refractivity contribution in [2.24, 2.45) is 0 Å². The molecule has 1 aromatic rings. The van der Waals surface area contributed by atoms with Crippen molar-refractivity contribution < 1.29 is 4.79 Å². The average Bonchev–Trinajstić information content (AvgIpc) is 2.82. The van der Waals surface area contributed by atoms with E-state index in [0.717, 1.165) is 26.1 Å². The minimum Gasteiger partial charge on any atom is -0.337 e. The van der Waals surface area contributed by atoms with Crippen molar-refractivity contribution in [3.8, 4) is 0 Å². The van der Waals surface area contributed by atoms with Gasteiger partial charge >= 0.3 is 0 Å². The first-order valence-electron chi connectivity index (χ1n) is 6.00. The molecule has 0 bridgehead atoms. The van der Waals surface area contributed by atoms with Gasteiger partial charge in [-0.1, -0.05) is 5.21 Å². The van der Waals surface area contributed by atoms with Gasteiger partial charge in [0.25, 0.3) is 0 Å². The summed E-state index contributed by atoms with van der Waals surface area (Å²) in [6.45, 7) is 4.66. The molecule has 1 aliphatic rings. The normalized spacial score (nSPS) is 20.5. The lowest BCUT2D eigenvalue weighted by molar-refractivity contribution is -0.134. The summed E-state index contributed by atoms with van der Waals surface area (Å²) < 4.78 is 0. The number of carbonyl (C=O) groups excluding carboxylic acids is 1. The van der Waals surface area contributed by atoms with Gasteiger partial charge in [0, 0.05) is 38.5 Å². The molecule has 1 amide bonds. The molecule has 17 heavy (non-hydrogen) atoms. The number of aromatic amines is 1. The van der Waals surface area contributed by atoms with E-state index in [1.807, 2.05) is 4.90 Å². The Kier molecular flexibility index (Phi) is 4.03. The fourth-order valence-electron chi connectivity index (χ4n) is 2.04. The molecule has 7 heteroatoms. The van der Waals surface area contributed by atoms with Crippen LogP contribution in [-0.2, 0) is 11.2 Å². The number of H-pyrrole nitrogens is 1. The Labute approximate surface area is 100.0 Å². The number of tetrazole rings is 1. The number of nitrogens with zero attached hydrogens (tertiary/aromatic N) is 4. The van der Waals surface area contributed by atoms with E-state index in [2.05, 4.69) is 32.9 Å². The number of piperazine rings is 1. The van der Waals surface area contributed by atoms with Gasteiger partial charge in [0.1, 0.15) is 0 Å². The van der Waals surface area contributed by atoms with Crippen LogP contribution in [0.2, 0.25) is 0 Å². The number of amides is 1. The van der Waals surface area contributed by atoms with Crippen molar-refractivity contribution >= 4 is 5.91 Å². The average molecular weight is 238 g/mol. The van der Waals surface area contributed by atoms with Crippen molar-refractivity contribution in [1.29, 1.82) is 0 Å². The van der Waals surface area contributed by atoms with Crippen molar-refractivity contribution in [3.63, 3.8) is 0 Å². The molecule has 0 aliphatic carbocycles. The Balaban J connectivity index is 1.73. The zero-order valence-corrected chi connectivity index (χ0v) is 10.0. The molecule has 1 saturated heterocycles. The SMILES string of the molecule is CC1CNCCN1C(=O)CCCc1nn[nH]n1. The molecule has 2 heterocycles. The standard InChI is InChI=1S/C10H18N6O/c1-8-7-11-5-6-16(8)10(17)4-2-3-9-12-14-15-13-9/h8,11H,2-7H2,1H3,(H,12,13,14,15). The Morgan fingerprint density at radius 3 is 3.18 bits per heavy atom. The summed E-state index contributed by atoms with van der Waals surface area (Å²) in [4.78, 5) is 13.9. The van der Waals surface area contributed by atoms with Crippen LogP contribution in [-0.4, -0.2) is 57.1 Å². The van der Waals surface area contributed by atoms with Crippen LogP contribution in [0.15, 0.2) is 0 Å². The van der Waals surface area contributed by atoms with Gasteiger partial charge in [-0.15, -0.1) is 10.2 Å². The minimum absolute atomic E-state index is 0.225. The van der Waals surface area contributed by atoms with Gasteiger partial charge in [-0.25, -0.2) is 0 Å². The molecule has 0 saturated carbocycles. The van der Waals surface area contributed by atoms with E-state index in [-0.39, 0.29) is 5.91 Å². The zero-order chi connectivity index (χ0) is 12.1. The first-order valence-corrected chi connectivity index (χ1v) is 6.00. The van der Waals surface area contributed by atoms with Crippen molar-refractivity contribution in [2.75, 3.05) is 19.6 Å². The molecule has 0 spiro atoms. The van der Waals surface area contributed by atoms with Crippen LogP contribution >= 0.6 is 0 Å². The summed E-state index contributed by atoms with van der Waals surface area (Å²) in [5.74, 6) is 0.897. The Bertz CT molecular complexity index is 352. The number of hydrogen-bond donors (Lipinski definition) is 2. The lowest BCUT2D eigenvalue weighted by atomic mass is 10.1. The molecular formula is C10H18N6O. The quantitative estimate of drug-likeness (QED) is 0.727. The molecule has 1 atom stereocenters. The zero-order valence-electron chi connectivity index (χ0n) is 10.0. The van der Waals surface area contributed by atoms with E-state index in [1.54, 1.807) is 0 Å². The predicted octanol–water partition coefficient (Wildman–Crippen LogP) is -0.657. The molecule has 94 valence electrons. The van der Waals surface area contributed by atoms with Crippen LogP contribution in [0.1, 0.15) is 25.6 Å². The van der Waals surface area contributed by atoms with Crippen molar-refractivity contribution in [3.05, 3.63) is 5.82 Å². The maximum Gasteiger partial charge on any atom is 0.222 e. The molecule has 2 N–H and O–H groups in total. The fraction of sp³-hybridized carbons (Fsp3) is 0.800. The Morgan fingerprint density at radius 2 is 2.47 bits per heavy atom. The Hall–Kier alpha value is -1.50. The highest BCUT2D eigenvalue weighted by atomic mass is 16.2. The largest absolute Gasteiger partial charge is 0.337 e. The van der Waals surface area contributed by atoms with E-state index < -0.39 is 0 Å². The van der Waals surface area contributed by atoms with Crippen molar-refractivity contribution in [2.45, 2.75) is 32.2 Å². The highest BCUT2D eigenvalue weighted by Crippen LogP contribution is 2.07.